The van der Waals surface area contributed by atoms with E-state index in [2.05, 4.69) is 10.1 Å². The van der Waals surface area contributed by atoms with Gasteiger partial charge >= 0.3 is 5.97 Å². The van der Waals surface area contributed by atoms with Crippen molar-refractivity contribution < 1.29 is 14.3 Å². The monoisotopic (exact) mass is 228 g/mol. The number of hydrogen-bond acceptors (Lipinski definition) is 4. The predicted octanol–water partition coefficient (Wildman–Crippen LogP) is 0.183. The highest BCUT2D eigenvalue weighted by atomic mass is 16.5. The van der Waals surface area contributed by atoms with Crippen LogP contribution in [-0.4, -0.2) is 31.6 Å². The van der Waals surface area contributed by atoms with Crippen LogP contribution in [0.15, 0.2) is 0 Å². The molecule has 92 valence electrons. The van der Waals surface area contributed by atoms with Gasteiger partial charge in [0.05, 0.1) is 7.11 Å². The first kappa shape index (κ1) is 13.0. The van der Waals surface area contributed by atoms with Crippen molar-refractivity contribution in [3.05, 3.63) is 0 Å². The third kappa shape index (κ3) is 2.95. The quantitative estimate of drug-likeness (QED) is 0.658. The van der Waals surface area contributed by atoms with Gasteiger partial charge in [-0.25, -0.2) is 4.79 Å². The third-order valence-electron chi connectivity index (χ3n) is 3.32. The van der Waals surface area contributed by atoms with Crippen molar-refractivity contribution in [2.45, 2.75) is 38.6 Å². The molecular formula is C11H20N2O3. The molecule has 1 aliphatic rings. The fraction of sp³-hybridized carbons (Fsp3) is 0.818. The minimum atomic E-state index is -0.590. The van der Waals surface area contributed by atoms with Crippen molar-refractivity contribution in [1.82, 2.24) is 5.32 Å². The van der Waals surface area contributed by atoms with Crippen molar-refractivity contribution in [3.63, 3.8) is 0 Å². The zero-order chi connectivity index (χ0) is 12.2. The van der Waals surface area contributed by atoms with Gasteiger partial charge in [-0.1, -0.05) is 6.42 Å². The summed E-state index contributed by atoms with van der Waals surface area (Å²) >= 11 is 0. The van der Waals surface area contributed by atoms with Crippen LogP contribution in [0.4, 0.5) is 0 Å². The van der Waals surface area contributed by atoms with E-state index in [0.717, 1.165) is 19.3 Å². The van der Waals surface area contributed by atoms with Crippen molar-refractivity contribution in [2.75, 3.05) is 13.7 Å². The maximum Gasteiger partial charge on any atom is 0.328 e. The minimum absolute atomic E-state index is 0.0279. The Labute approximate surface area is 95.7 Å². The fourth-order valence-electron chi connectivity index (χ4n) is 2.00. The Balaban J connectivity index is 2.38. The minimum Gasteiger partial charge on any atom is -0.467 e. The highest BCUT2D eigenvalue weighted by Crippen LogP contribution is 2.42. The summed E-state index contributed by atoms with van der Waals surface area (Å²) in [6.07, 6.45) is 3.55. The lowest BCUT2D eigenvalue weighted by molar-refractivity contribution is -0.145. The number of ether oxygens (including phenoxy) is 1. The molecule has 0 aromatic heterocycles. The Hall–Kier alpha value is -1.10. The summed E-state index contributed by atoms with van der Waals surface area (Å²) in [6, 6.07) is -0.590. The van der Waals surface area contributed by atoms with Gasteiger partial charge in [-0.05, 0) is 31.7 Å². The average Bonchev–Trinajstić information content (AvgIpc) is 2.22. The van der Waals surface area contributed by atoms with Crippen LogP contribution in [0.5, 0.6) is 0 Å². The maximum atomic E-state index is 11.7. The SMILES string of the molecule is COC(=O)C(C)NC(=O)CC1(CN)CCC1. The fourth-order valence-corrected chi connectivity index (χ4v) is 2.00. The molecule has 0 aliphatic heterocycles. The normalized spacial score (nSPS) is 19.4. The van der Waals surface area contributed by atoms with Crippen molar-refractivity contribution in [1.29, 1.82) is 0 Å². The van der Waals surface area contributed by atoms with Gasteiger partial charge < -0.3 is 15.8 Å². The van der Waals surface area contributed by atoms with E-state index in [4.69, 9.17) is 5.73 Å². The first-order valence-corrected chi connectivity index (χ1v) is 5.60. The van der Waals surface area contributed by atoms with Crippen LogP contribution in [0.2, 0.25) is 0 Å². The molecule has 3 N–H and O–H groups in total. The zero-order valence-corrected chi connectivity index (χ0v) is 9.91. The van der Waals surface area contributed by atoms with E-state index in [1.807, 2.05) is 0 Å². The molecule has 1 fully saturated rings. The summed E-state index contributed by atoms with van der Waals surface area (Å²) in [4.78, 5) is 22.8. The number of esters is 1. The Kier molecular flexibility index (Phi) is 4.29. The second-order valence-corrected chi connectivity index (χ2v) is 4.55. The van der Waals surface area contributed by atoms with E-state index >= 15 is 0 Å². The summed E-state index contributed by atoms with van der Waals surface area (Å²) in [5.74, 6) is -0.549. The molecule has 0 aromatic rings. The number of amides is 1. The summed E-state index contributed by atoms with van der Waals surface area (Å²) in [5, 5.41) is 2.62. The predicted molar refractivity (Wildman–Crippen MR) is 59.6 cm³/mol. The molecule has 0 spiro atoms. The van der Waals surface area contributed by atoms with Gasteiger partial charge in [-0.15, -0.1) is 0 Å². The zero-order valence-electron chi connectivity index (χ0n) is 9.91. The summed E-state index contributed by atoms with van der Waals surface area (Å²) in [7, 11) is 1.30. The van der Waals surface area contributed by atoms with E-state index in [-0.39, 0.29) is 11.3 Å². The number of hydrogen-bond donors (Lipinski definition) is 2. The Morgan fingerprint density at radius 3 is 2.50 bits per heavy atom. The average molecular weight is 228 g/mol. The van der Waals surface area contributed by atoms with Crippen LogP contribution in [0.25, 0.3) is 0 Å². The lowest BCUT2D eigenvalue weighted by Gasteiger charge is -2.40. The number of carbonyl (C=O) groups is 2. The van der Waals surface area contributed by atoms with E-state index < -0.39 is 12.0 Å². The number of carbonyl (C=O) groups excluding carboxylic acids is 2. The molecule has 0 aromatic carbocycles. The van der Waals surface area contributed by atoms with Crippen molar-refractivity contribution in [2.24, 2.45) is 11.1 Å². The van der Waals surface area contributed by atoms with Crippen LogP contribution in [-0.2, 0) is 14.3 Å². The van der Waals surface area contributed by atoms with Crippen LogP contribution in [0.1, 0.15) is 32.6 Å². The smallest absolute Gasteiger partial charge is 0.328 e. The molecule has 1 atom stereocenters. The van der Waals surface area contributed by atoms with Crippen molar-refractivity contribution in [3.8, 4) is 0 Å². The number of rotatable bonds is 5. The molecule has 1 amide bonds. The number of methoxy groups -OCH3 is 1. The summed E-state index contributed by atoms with van der Waals surface area (Å²) < 4.78 is 4.53. The Morgan fingerprint density at radius 1 is 1.50 bits per heavy atom. The molecule has 1 unspecified atom stereocenters. The lowest BCUT2D eigenvalue weighted by atomic mass is 9.66. The van der Waals surface area contributed by atoms with Gasteiger partial charge in [0.1, 0.15) is 6.04 Å². The molecule has 0 heterocycles. The van der Waals surface area contributed by atoms with Gasteiger partial charge in [0.25, 0.3) is 0 Å². The topological polar surface area (TPSA) is 81.4 Å². The Bertz CT molecular complexity index is 269. The molecule has 1 rings (SSSR count). The van der Waals surface area contributed by atoms with Gasteiger partial charge in [0, 0.05) is 6.42 Å². The van der Waals surface area contributed by atoms with Gasteiger partial charge in [0.2, 0.25) is 5.91 Å². The molecule has 1 saturated carbocycles. The highest BCUT2D eigenvalue weighted by molar-refractivity contribution is 5.84. The van der Waals surface area contributed by atoms with Crippen LogP contribution < -0.4 is 11.1 Å². The second-order valence-electron chi connectivity index (χ2n) is 4.55. The van der Waals surface area contributed by atoms with E-state index in [1.165, 1.54) is 7.11 Å². The molecular weight excluding hydrogens is 208 g/mol. The third-order valence-corrected chi connectivity index (χ3v) is 3.32. The standard InChI is InChI=1S/C11H20N2O3/c1-8(10(15)16-2)13-9(14)6-11(7-12)4-3-5-11/h8H,3-7,12H2,1-2H3,(H,13,14). The molecule has 0 radical (unpaired) electrons. The van der Waals surface area contributed by atoms with Crippen LogP contribution in [0.3, 0.4) is 0 Å². The first-order chi connectivity index (χ1) is 7.53. The van der Waals surface area contributed by atoms with E-state index in [9.17, 15) is 9.59 Å². The van der Waals surface area contributed by atoms with Crippen molar-refractivity contribution >= 4 is 11.9 Å². The molecule has 5 heteroatoms. The van der Waals surface area contributed by atoms with Crippen LogP contribution in [0, 0.1) is 5.41 Å². The molecule has 0 bridgehead atoms. The highest BCUT2D eigenvalue weighted by Gasteiger charge is 2.37. The van der Waals surface area contributed by atoms with Crippen LogP contribution >= 0.6 is 0 Å². The second kappa shape index (κ2) is 5.30. The summed E-state index contributed by atoms with van der Waals surface area (Å²) in [5.41, 5.74) is 5.63. The molecule has 1 aliphatic carbocycles. The van der Waals surface area contributed by atoms with Gasteiger partial charge in [0.15, 0.2) is 0 Å². The maximum absolute atomic E-state index is 11.7. The van der Waals surface area contributed by atoms with E-state index in [1.54, 1.807) is 6.92 Å². The van der Waals surface area contributed by atoms with Gasteiger partial charge in [-0.2, -0.15) is 0 Å². The molecule has 0 saturated heterocycles. The Morgan fingerprint density at radius 2 is 2.12 bits per heavy atom. The number of nitrogens with two attached hydrogens (primary N) is 1. The number of nitrogens with one attached hydrogen (secondary N) is 1. The first-order valence-electron chi connectivity index (χ1n) is 5.60. The largest absolute Gasteiger partial charge is 0.467 e. The molecule has 5 nitrogen and oxygen atoms in total. The van der Waals surface area contributed by atoms with E-state index in [0.29, 0.717) is 13.0 Å². The summed E-state index contributed by atoms with van der Waals surface area (Å²) in [6.45, 7) is 2.15. The lowest BCUT2D eigenvalue weighted by Crippen LogP contribution is -2.45. The van der Waals surface area contributed by atoms with Gasteiger partial charge in [-0.3, -0.25) is 4.79 Å². The molecule has 16 heavy (non-hydrogen) atoms.